The van der Waals surface area contributed by atoms with Crippen molar-refractivity contribution in [2.45, 2.75) is 0 Å². The maximum atomic E-state index is 10.3. The average molecular weight is 475 g/mol. The molecule has 0 spiro atoms. The molecule has 2 rings (SSSR count). The summed E-state index contributed by atoms with van der Waals surface area (Å²) in [6.45, 7) is 0. The van der Waals surface area contributed by atoms with Crippen LogP contribution in [0.1, 0.15) is 0 Å². The maximum Gasteiger partial charge on any atom is 1.00 e. The second-order valence-corrected chi connectivity index (χ2v) is 12.3. The standard InChI is InChI=1S/2C3H5NO2S4.2Na/c2*5-3(6)4-9-7-1-2-8-10-4;;/h2*1-2H2,(H,5,6);;/q;;2*+1/p-2. The van der Waals surface area contributed by atoms with E-state index in [1.807, 2.05) is 0 Å². The van der Waals surface area contributed by atoms with Crippen molar-refractivity contribution in [3.8, 4) is 0 Å². The number of amides is 2. The zero-order chi connectivity index (χ0) is 14.8. The Morgan fingerprint density at radius 1 is 0.636 bits per heavy atom. The van der Waals surface area contributed by atoms with Crippen molar-refractivity contribution in [3.63, 3.8) is 0 Å². The number of carbonyl (C=O) groups is 2. The Balaban J connectivity index is 0. The third kappa shape index (κ3) is 13.5. The van der Waals surface area contributed by atoms with Gasteiger partial charge in [0, 0.05) is 66.9 Å². The number of rotatable bonds is 0. The van der Waals surface area contributed by atoms with Crippen LogP contribution < -0.4 is 69.3 Å². The molecule has 0 N–H and O–H groups in total. The van der Waals surface area contributed by atoms with E-state index in [0.29, 0.717) is 0 Å². The molecule has 0 aromatic rings. The van der Waals surface area contributed by atoms with Crippen molar-refractivity contribution >= 4 is 99.3 Å². The van der Waals surface area contributed by atoms with E-state index in [2.05, 4.69) is 0 Å². The van der Waals surface area contributed by atoms with Crippen LogP contribution in [0.5, 0.6) is 0 Å². The Morgan fingerprint density at radius 2 is 0.864 bits per heavy atom. The molecule has 6 nitrogen and oxygen atoms in total. The molecule has 0 radical (unpaired) electrons. The average Bonchev–Trinajstić information content (AvgIpc) is 2.84. The second-order valence-electron chi connectivity index (χ2n) is 2.63. The van der Waals surface area contributed by atoms with Gasteiger partial charge in [-0.2, -0.15) is 0 Å². The molecule has 0 atom stereocenters. The fourth-order valence-corrected chi connectivity index (χ4v) is 11.4. The van der Waals surface area contributed by atoms with Gasteiger partial charge in [0.25, 0.3) is 0 Å². The second kappa shape index (κ2) is 17.7. The molecule has 116 valence electrons. The van der Waals surface area contributed by atoms with Crippen molar-refractivity contribution in [1.29, 1.82) is 0 Å². The van der Waals surface area contributed by atoms with Crippen LogP contribution >= 0.6 is 87.1 Å². The third-order valence-corrected chi connectivity index (χ3v) is 11.9. The van der Waals surface area contributed by atoms with Crippen LogP contribution in [0.15, 0.2) is 0 Å². The molecule has 0 aliphatic carbocycles. The van der Waals surface area contributed by atoms with Crippen molar-refractivity contribution in [2.24, 2.45) is 0 Å². The quantitative estimate of drug-likeness (QED) is 0.198. The van der Waals surface area contributed by atoms with E-state index in [1.165, 1.54) is 87.1 Å². The first-order valence-corrected chi connectivity index (χ1v) is 13.9. The molecule has 0 aromatic carbocycles. The van der Waals surface area contributed by atoms with E-state index in [0.717, 1.165) is 30.4 Å². The summed E-state index contributed by atoms with van der Waals surface area (Å²) >= 11 is 0. The minimum Gasteiger partial charge on any atom is -0.529 e. The van der Waals surface area contributed by atoms with Crippen LogP contribution in [-0.2, 0) is 0 Å². The Morgan fingerprint density at radius 3 is 1.05 bits per heavy atom. The number of carboxylic acid groups (broad SMARTS) is 2. The number of hydrogen-bond donors (Lipinski definition) is 0. The monoisotopic (exact) mass is 474 g/mol. The minimum atomic E-state index is -1.13. The maximum absolute atomic E-state index is 10.3. The van der Waals surface area contributed by atoms with Crippen LogP contribution in [0.2, 0.25) is 0 Å². The number of nitrogens with zero attached hydrogens (tertiary/aromatic N) is 2. The molecule has 0 aromatic heterocycles. The van der Waals surface area contributed by atoms with E-state index < -0.39 is 12.2 Å². The first kappa shape index (κ1) is 27.6. The topological polar surface area (TPSA) is 86.7 Å². The van der Waals surface area contributed by atoms with Crippen molar-refractivity contribution in [3.05, 3.63) is 0 Å². The van der Waals surface area contributed by atoms with Gasteiger partial charge >= 0.3 is 59.1 Å². The van der Waals surface area contributed by atoms with Gasteiger partial charge in [0.1, 0.15) is 0 Å². The van der Waals surface area contributed by atoms with E-state index >= 15 is 0 Å². The van der Waals surface area contributed by atoms with Gasteiger partial charge in [0.2, 0.25) is 0 Å². The van der Waals surface area contributed by atoms with Gasteiger partial charge in [-0.05, 0) is 0 Å². The molecule has 0 saturated carbocycles. The summed E-state index contributed by atoms with van der Waals surface area (Å²) in [4.78, 5) is 20.5. The summed E-state index contributed by atoms with van der Waals surface area (Å²) in [7, 11) is 11.0. The van der Waals surface area contributed by atoms with Gasteiger partial charge in [-0.15, -0.1) is 0 Å². The summed E-state index contributed by atoms with van der Waals surface area (Å²) in [6, 6.07) is 0. The minimum absolute atomic E-state index is 0. The van der Waals surface area contributed by atoms with E-state index in [4.69, 9.17) is 0 Å². The van der Waals surface area contributed by atoms with Crippen molar-refractivity contribution in [1.82, 2.24) is 7.42 Å². The molecule has 16 heteroatoms. The largest absolute Gasteiger partial charge is 1.00 e. The van der Waals surface area contributed by atoms with E-state index in [9.17, 15) is 19.8 Å². The van der Waals surface area contributed by atoms with Crippen LogP contribution in [0.25, 0.3) is 0 Å². The SMILES string of the molecule is O=C([O-])N1SSCCSS1.O=C([O-])N1SSCCSS1.[Na+].[Na+]. The van der Waals surface area contributed by atoms with Gasteiger partial charge in [-0.3, -0.25) is 0 Å². The molecule has 2 saturated heterocycles. The fourth-order valence-electron chi connectivity index (χ4n) is 0.623. The Kier molecular flexibility index (Phi) is 22.2. The Labute approximate surface area is 205 Å². The smallest absolute Gasteiger partial charge is 0.529 e. The predicted octanol–water partition coefficient (Wildman–Crippen LogP) is -3.52. The van der Waals surface area contributed by atoms with Gasteiger partial charge in [-0.25, -0.2) is 7.42 Å². The van der Waals surface area contributed by atoms with E-state index in [1.54, 1.807) is 0 Å². The van der Waals surface area contributed by atoms with Crippen LogP contribution in [0.4, 0.5) is 9.59 Å². The summed E-state index contributed by atoms with van der Waals surface area (Å²) in [5.41, 5.74) is 0. The summed E-state index contributed by atoms with van der Waals surface area (Å²) in [6.07, 6.45) is -2.26. The van der Waals surface area contributed by atoms with Gasteiger partial charge in [-0.1, -0.05) is 43.2 Å². The Hall–Kier alpha value is 3.34. The van der Waals surface area contributed by atoms with Crippen LogP contribution in [0.3, 0.4) is 0 Å². The van der Waals surface area contributed by atoms with Crippen LogP contribution in [-0.4, -0.2) is 42.6 Å². The zero-order valence-corrected chi connectivity index (χ0v) is 22.2. The van der Waals surface area contributed by atoms with Crippen molar-refractivity contribution in [2.75, 3.05) is 23.0 Å². The molecule has 2 fully saturated rings. The van der Waals surface area contributed by atoms with Gasteiger partial charge < -0.3 is 19.8 Å². The Bertz CT molecular complexity index is 287. The molecule has 2 amide bonds. The van der Waals surface area contributed by atoms with E-state index in [-0.39, 0.29) is 59.1 Å². The first-order valence-electron chi connectivity index (χ1n) is 4.82. The molecular weight excluding hydrogens is 467 g/mol. The van der Waals surface area contributed by atoms with Crippen molar-refractivity contribution < 1.29 is 78.9 Å². The zero-order valence-electron chi connectivity index (χ0n) is 11.6. The molecule has 0 unspecified atom stereocenters. The van der Waals surface area contributed by atoms with Gasteiger partial charge in [0.05, 0.1) is 0 Å². The number of hydrogen-bond acceptors (Lipinski definition) is 12. The normalized spacial score (nSPS) is 18.4. The molecule has 2 heterocycles. The molecule has 2 aliphatic heterocycles. The molecule has 22 heavy (non-hydrogen) atoms. The predicted molar refractivity (Wildman–Crippen MR) is 94.7 cm³/mol. The van der Waals surface area contributed by atoms with Gasteiger partial charge in [0.15, 0.2) is 12.2 Å². The fraction of sp³-hybridized carbons (Fsp3) is 0.667. The molecule has 2 aliphatic rings. The molecular formula is C6H8N2Na2O4S8. The first-order chi connectivity index (χ1) is 9.61. The summed E-state index contributed by atoms with van der Waals surface area (Å²) < 4.78 is 2.31. The summed E-state index contributed by atoms with van der Waals surface area (Å²) in [5, 5.41) is 20.5. The molecule has 0 bridgehead atoms. The summed E-state index contributed by atoms with van der Waals surface area (Å²) in [5.74, 6) is 3.91. The third-order valence-electron chi connectivity index (χ3n) is 1.28. The number of carbonyl (C=O) groups excluding carboxylic acids is 2. The van der Waals surface area contributed by atoms with Crippen LogP contribution in [0, 0.1) is 0 Å².